The number of pyridine rings is 1. The second-order valence-electron chi connectivity index (χ2n) is 2.34. The minimum atomic E-state index is -0.494. The van der Waals surface area contributed by atoms with Crippen molar-refractivity contribution in [2.75, 3.05) is 11.0 Å². The predicted octanol–water partition coefficient (Wildman–Crippen LogP) is 1.55. The molecule has 0 aromatic carbocycles. The molecule has 0 N–H and O–H groups in total. The van der Waals surface area contributed by atoms with Crippen LogP contribution in [-0.2, 0) is 4.74 Å². The molecule has 1 rings (SSSR count). The Morgan fingerprint density at radius 2 is 2.50 bits per heavy atom. The van der Waals surface area contributed by atoms with Crippen LogP contribution in [0.15, 0.2) is 18.3 Å². The summed E-state index contributed by atoms with van der Waals surface area (Å²) < 4.78 is 5.61. The van der Waals surface area contributed by atoms with Crippen LogP contribution < -0.4 is 0 Å². The number of halogens is 1. The number of esters is 1. The van der Waals surface area contributed by atoms with E-state index in [0.29, 0.717) is 6.61 Å². The molecule has 0 saturated heterocycles. The number of aromatic nitrogens is 1. The molecule has 0 atom stereocenters. The van der Waals surface area contributed by atoms with Gasteiger partial charge in [0, 0.05) is 10.6 Å². The molecule has 0 fully saturated rings. The summed E-state index contributed by atoms with van der Waals surface area (Å²) in [5, 5.41) is 8.67. The monoisotopic (exact) mass is 302 g/mol. The van der Waals surface area contributed by atoms with E-state index in [-0.39, 0.29) is 11.3 Å². The van der Waals surface area contributed by atoms with Crippen molar-refractivity contribution in [2.24, 2.45) is 0 Å². The zero-order valence-electron chi connectivity index (χ0n) is 7.24. The van der Waals surface area contributed by atoms with E-state index in [9.17, 15) is 4.79 Å². The smallest absolute Gasteiger partial charge is 0.341 e. The zero-order valence-corrected chi connectivity index (χ0v) is 9.39. The molecular weight excluding hydrogens is 295 g/mol. The molecule has 0 aliphatic carbocycles. The van der Waals surface area contributed by atoms with Crippen LogP contribution in [-0.4, -0.2) is 22.0 Å². The van der Waals surface area contributed by atoms with Gasteiger partial charge in [0.15, 0.2) is 5.69 Å². The van der Waals surface area contributed by atoms with Crippen molar-refractivity contribution in [1.82, 2.24) is 4.98 Å². The van der Waals surface area contributed by atoms with Crippen molar-refractivity contribution in [3.05, 3.63) is 29.6 Å². The maximum atomic E-state index is 11.4. The summed E-state index contributed by atoms with van der Waals surface area (Å²) in [6.45, 7) is 0.346. The van der Waals surface area contributed by atoms with Gasteiger partial charge in [-0.3, -0.25) is 0 Å². The van der Waals surface area contributed by atoms with Crippen molar-refractivity contribution in [3.8, 4) is 6.07 Å². The molecule has 14 heavy (non-hydrogen) atoms. The van der Waals surface area contributed by atoms with Crippen molar-refractivity contribution in [3.63, 3.8) is 0 Å². The molecule has 0 unspecified atom stereocenters. The van der Waals surface area contributed by atoms with Gasteiger partial charge in [-0.05, 0) is 12.1 Å². The van der Waals surface area contributed by atoms with Gasteiger partial charge in [0.2, 0.25) is 0 Å². The van der Waals surface area contributed by atoms with Crippen LogP contribution in [0.2, 0.25) is 0 Å². The van der Waals surface area contributed by atoms with Gasteiger partial charge in [-0.1, -0.05) is 22.6 Å². The first-order chi connectivity index (χ1) is 6.79. The summed E-state index contributed by atoms with van der Waals surface area (Å²) in [5.41, 5.74) is 0.325. The number of ether oxygens (including phenoxy) is 1. The minimum Gasteiger partial charge on any atom is -0.461 e. The third-order valence-electron chi connectivity index (χ3n) is 1.44. The lowest BCUT2D eigenvalue weighted by Crippen LogP contribution is -2.09. The van der Waals surface area contributed by atoms with Crippen LogP contribution in [0.4, 0.5) is 0 Å². The molecule has 72 valence electrons. The number of rotatable bonds is 3. The summed E-state index contributed by atoms with van der Waals surface area (Å²) in [4.78, 5) is 15.1. The number of nitriles is 1. The number of alkyl halides is 1. The summed E-state index contributed by atoms with van der Waals surface area (Å²) >= 11 is 2.10. The van der Waals surface area contributed by atoms with E-state index in [0.717, 1.165) is 4.43 Å². The quantitative estimate of drug-likeness (QED) is 0.483. The lowest BCUT2D eigenvalue weighted by atomic mass is 10.2. The fourth-order valence-electron chi connectivity index (χ4n) is 0.868. The van der Waals surface area contributed by atoms with E-state index in [1.807, 2.05) is 6.07 Å². The summed E-state index contributed by atoms with van der Waals surface area (Å²) in [6, 6.07) is 4.97. The van der Waals surface area contributed by atoms with Gasteiger partial charge < -0.3 is 4.74 Å². The minimum absolute atomic E-state index is 0.103. The highest BCUT2D eigenvalue weighted by molar-refractivity contribution is 14.1. The third kappa shape index (κ3) is 2.67. The van der Waals surface area contributed by atoms with Crippen LogP contribution in [0.5, 0.6) is 0 Å². The number of carbonyl (C=O) groups excluding carboxylic acids is 1. The molecular formula is C9H7IN2O2. The number of nitrogens with zero attached hydrogens (tertiary/aromatic N) is 2. The Hall–Kier alpha value is -1.16. The van der Waals surface area contributed by atoms with Gasteiger partial charge in [-0.25, -0.2) is 9.78 Å². The van der Waals surface area contributed by atoms with E-state index in [2.05, 4.69) is 27.6 Å². The van der Waals surface area contributed by atoms with Crippen LogP contribution >= 0.6 is 22.6 Å². The van der Waals surface area contributed by atoms with Gasteiger partial charge in [0.25, 0.3) is 0 Å². The van der Waals surface area contributed by atoms with Crippen molar-refractivity contribution >= 4 is 28.6 Å². The van der Waals surface area contributed by atoms with Crippen LogP contribution in [0, 0.1) is 11.3 Å². The maximum Gasteiger partial charge on any atom is 0.341 e. The van der Waals surface area contributed by atoms with E-state index < -0.39 is 5.97 Å². The standard InChI is InChI=1S/C9H7IN2O2/c10-3-5-14-9(13)7-2-1-4-12-8(7)6-11/h1-2,4H,3,5H2. The summed E-state index contributed by atoms with van der Waals surface area (Å²) in [6.07, 6.45) is 1.47. The molecule has 1 heterocycles. The fraction of sp³-hybridized carbons (Fsp3) is 0.222. The highest BCUT2D eigenvalue weighted by Crippen LogP contribution is 2.05. The van der Waals surface area contributed by atoms with Gasteiger partial charge in [-0.2, -0.15) is 5.26 Å². The zero-order chi connectivity index (χ0) is 10.4. The molecule has 0 saturated carbocycles. The molecule has 0 aliphatic heterocycles. The second kappa shape index (κ2) is 5.54. The Morgan fingerprint density at radius 3 is 3.14 bits per heavy atom. The normalized spacial score (nSPS) is 9.14. The fourth-order valence-corrected chi connectivity index (χ4v) is 1.09. The molecule has 1 aromatic heterocycles. The van der Waals surface area contributed by atoms with Gasteiger partial charge >= 0.3 is 5.97 Å². The first-order valence-electron chi connectivity index (χ1n) is 3.87. The highest BCUT2D eigenvalue weighted by atomic mass is 127. The van der Waals surface area contributed by atoms with E-state index >= 15 is 0 Å². The van der Waals surface area contributed by atoms with Gasteiger partial charge in [0.05, 0.1) is 5.56 Å². The SMILES string of the molecule is N#Cc1ncccc1C(=O)OCCI. The molecule has 0 spiro atoms. The molecule has 4 nitrogen and oxygen atoms in total. The van der Waals surface area contributed by atoms with Crippen molar-refractivity contribution < 1.29 is 9.53 Å². The number of hydrogen-bond acceptors (Lipinski definition) is 4. The Morgan fingerprint density at radius 1 is 1.71 bits per heavy atom. The second-order valence-corrected chi connectivity index (χ2v) is 3.42. The molecule has 0 aliphatic rings. The highest BCUT2D eigenvalue weighted by Gasteiger charge is 2.12. The average molecular weight is 302 g/mol. The van der Waals surface area contributed by atoms with Gasteiger partial charge in [0.1, 0.15) is 12.7 Å². The van der Waals surface area contributed by atoms with Gasteiger partial charge in [-0.15, -0.1) is 0 Å². The lowest BCUT2D eigenvalue weighted by molar-refractivity contribution is 0.0532. The predicted molar refractivity (Wildman–Crippen MR) is 58.1 cm³/mol. The largest absolute Gasteiger partial charge is 0.461 e. The summed E-state index contributed by atoms with van der Waals surface area (Å²) in [7, 11) is 0. The summed E-state index contributed by atoms with van der Waals surface area (Å²) in [5.74, 6) is -0.494. The topological polar surface area (TPSA) is 63.0 Å². The molecule has 1 aromatic rings. The van der Waals surface area contributed by atoms with Crippen LogP contribution in [0.3, 0.4) is 0 Å². The Bertz CT molecular complexity index is 373. The Balaban J connectivity index is 2.85. The lowest BCUT2D eigenvalue weighted by Gasteiger charge is -2.02. The first-order valence-corrected chi connectivity index (χ1v) is 5.40. The van der Waals surface area contributed by atoms with Crippen LogP contribution in [0.1, 0.15) is 16.1 Å². The molecule has 0 amide bonds. The van der Waals surface area contributed by atoms with Crippen LogP contribution in [0.25, 0.3) is 0 Å². The van der Waals surface area contributed by atoms with E-state index in [1.54, 1.807) is 6.07 Å². The number of carbonyl (C=O) groups is 1. The molecule has 0 bridgehead atoms. The number of hydrogen-bond donors (Lipinski definition) is 0. The molecule has 5 heteroatoms. The Kier molecular flexibility index (Phi) is 4.32. The Labute approximate surface area is 95.0 Å². The van der Waals surface area contributed by atoms with Crippen molar-refractivity contribution in [2.45, 2.75) is 0 Å². The average Bonchev–Trinajstić information content (AvgIpc) is 2.25. The van der Waals surface area contributed by atoms with Crippen molar-refractivity contribution in [1.29, 1.82) is 5.26 Å². The van der Waals surface area contributed by atoms with E-state index in [1.165, 1.54) is 12.3 Å². The third-order valence-corrected chi connectivity index (χ3v) is 1.88. The first kappa shape index (κ1) is 10.9. The molecule has 0 radical (unpaired) electrons. The maximum absolute atomic E-state index is 11.4. The van der Waals surface area contributed by atoms with E-state index in [4.69, 9.17) is 10.00 Å².